The van der Waals surface area contributed by atoms with Gasteiger partial charge in [0.15, 0.2) is 11.6 Å². The van der Waals surface area contributed by atoms with Crippen molar-refractivity contribution >= 4 is 0 Å². The molecular weight excluding hydrogens is 280 g/mol. The third-order valence-corrected chi connectivity index (χ3v) is 3.18. The summed E-state index contributed by atoms with van der Waals surface area (Å²) in [5.41, 5.74) is 1.77. The van der Waals surface area contributed by atoms with Gasteiger partial charge in [0.1, 0.15) is 12.4 Å². The second kappa shape index (κ2) is 6.36. The van der Waals surface area contributed by atoms with Crippen molar-refractivity contribution in [2.24, 2.45) is 0 Å². The largest absolute Gasteiger partial charge is 0.497 e. The highest BCUT2D eigenvalue weighted by molar-refractivity contribution is 5.53. The molecule has 0 N–H and O–H groups in total. The molecule has 0 aliphatic rings. The highest BCUT2D eigenvalue weighted by Gasteiger charge is 2.13. The first-order valence-electron chi connectivity index (χ1n) is 6.81. The smallest absolute Gasteiger partial charge is 0.183 e. The Morgan fingerprint density at radius 1 is 1.09 bits per heavy atom. The molecule has 0 spiro atoms. The Balaban J connectivity index is 2.03. The first kappa shape index (κ1) is 14.2. The molecule has 2 heterocycles. The molecule has 0 saturated carbocycles. The molecule has 6 nitrogen and oxygen atoms in total. The van der Waals surface area contributed by atoms with Crippen molar-refractivity contribution in [3.8, 4) is 22.8 Å². The van der Waals surface area contributed by atoms with Crippen molar-refractivity contribution in [2.75, 3.05) is 14.2 Å². The Kier molecular flexibility index (Phi) is 4.11. The van der Waals surface area contributed by atoms with Gasteiger partial charge in [-0.2, -0.15) is 0 Å². The van der Waals surface area contributed by atoms with Crippen molar-refractivity contribution in [1.82, 2.24) is 19.7 Å². The first-order chi connectivity index (χ1) is 10.8. The van der Waals surface area contributed by atoms with Crippen LogP contribution in [-0.4, -0.2) is 34.0 Å². The van der Waals surface area contributed by atoms with E-state index in [-0.39, 0.29) is 0 Å². The molecular formula is C16H16N4O2. The van der Waals surface area contributed by atoms with E-state index in [0.717, 1.165) is 22.8 Å². The van der Waals surface area contributed by atoms with E-state index in [4.69, 9.17) is 9.47 Å². The number of aromatic nitrogens is 4. The topological polar surface area (TPSA) is 62.1 Å². The fraction of sp³-hybridized carbons (Fsp3) is 0.188. The highest BCUT2D eigenvalue weighted by atomic mass is 16.5. The highest BCUT2D eigenvalue weighted by Crippen LogP contribution is 2.20. The number of hydrogen-bond acceptors (Lipinski definition) is 5. The maximum absolute atomic E-state index is 5.22. The summed E-state index contributed by atoms with van der Waals surface area (Å²) in [6, 6.07) is 11.4. The van der Waals surface area contributed by atoms with Gasteiger partial charge in [-0.1, -0.05) is 0 Å². The molecule has 0 radical (unpaired) electrons. The minimum absolute atomic E-state index is 0.374. The van der Waals surface area contributed by atoms with Crippen LogP contribution in [0, 0.1) is 0 Å². The lowest BCUT2D eigenvalue weighted by molar-refractivity contribution is 0.176. The summed E-state index contributed by atoms with van der Waals surface area (Å²) in [5.74, 6) is 2.15. The van der Waals surface area contributed by atoms with Crippen LogP contribution < -0.4 is 4.74 Å². The van der Waals surface area contributed by atoms with Crippen LogP contribution in [0.3, 0.4) is 0 Å². The van der Waals surface area contributed by atoms with E-state index in [1.807, 2.05) is 36.4 Å². The van der Waals surface area contributed by atoms with Crippen molar-refractivity contribution < 1.29 is 9.47 Å². The Bertz CT molecular complexity index is 739. The molecule has 6 heteroatoms. The molecule has 0 fully saturated rings. The standard InChI is InChI=1S/C16H16N4O2/c1-21-11-15-18-16(12-4-3-9-17-10-12)19-20(15)13-5-7-14(22-2)8-6-13/h3-10H,11H2,1-2H3. The van der Waals surface area contributed by atoms with Gasteiger partial charge in [0.25, 0.3) is 0 Å². The molecule has 0 amide bonds. The number of methoxy groups -OCH3 is 2. The molecule has 112 valence electrons. The Labute approximate surface area is 128 Å². The van der Waals surface area contributed by atoms with Gasteiger partial charge in [0.2, 0.25) is 0 Å². The van der Waals surface area contributed by atoms with Crippen LogP contribution in [0.15, 0.2) is 48.8 Å². The van der Waals surface area contributed by atoms with E-state index in [1.54, 1.807) is 31.3 Å². The average molecular weight is 296 g/mol. The molecule has 0 bridgehead atoms. The third-order valence-electron chi connectivity index (χ3n) is 3.18. The summed E-state index contributed by atoms with van der Waals surface area (Å²) in [4.78, 5) is 8.65. The van der Waals surface area contributed by atoms with E-state index in [0.29, 0.717) is 12.4 Å². The SMILES string of the molecule is COCc1nc(-c2cccnc2)nn1-c1ccc(OC)cc1. The minimum Gasteiger partial charge on any atom is -0.497 e. The maximum Gasteiger partial charge on any atom is 0.183 e. The second-order valence-electron chi connectivity index (χ2n) is 4.64. The van der Waals surface area contributed by atoms with Crippen LogP contribution in [0.4, 0.5) is 0 Å². The summed E-state index contributed by atoms with van der Waals surface area (Å²) in [6.45, 7) is 0.374. The molecule has 0 aliphatic carbocycles. The number of nitrogens with zero attached hydrogens (tertiary/aromatic N) is 4. The predicted octanol–water partition coefficient (Wildman–Crippen LogP) is 2.48. The first-order valence-corrected chi connectivity index (χ1v) is 6.81. The third kappa shape index (κ3) is 2.82. The zero-order valence-electron chi connectivity index (χ0n) is 12.4. The monoisotopic (exact) mass is 296 g/mol. The van der Waals surface area contributed by atoms with Crippen molar-refractivity contribution in [3.05, 3.63) is 54.6 Å². The van der Waals surface area contributed by atoms with Crippen LogP contribution >= 0.6 is 0 Å². The Morgan fingerprint density at radius 2 is 1.91 bits per heavy atom. The summed E-state index contributed by atoms with van der Waals surface area (Å²) >= 11 is 0. The van der Waals surface area contributed by atoms with Gasteiger partial charge in [-0.15, -0.1) is 5.10 Å². The van der Waals surface area contributed by atoms with Gasteiger partial charge in [0.05, 0.1) is 12.8 Å². The van der Waals surface area contributed by atoms with Gasteiger partial charge < -0.3 is 9.47 Å². The number of rotatable bonds is 5. The van der Waals surface area contributed by atoms with E-state index >= 15 is 0 Å². The Hall–Kier alpha value is -2.73. The van der Waals surface area contributed by atoms with Crippen LogP contribution in [0.1, 0.15) is 5.82 Å². The molecule has 0 aliphatic heterocycles. The van der Waals surface area contributed by atoms with E-state index < -0.39 is 0 Å². The van der Waals surface area contributed by atoms with Crippen molar-refractivity contribution in [2.45, 2.75) is 6.61 Å². The number of pyridine rings is 1. The predicted molar refractivity (Wildman–Crippen MR) is 81.9 cm³/mol. The summed E-state index contributed by atoms with van der Waals surface area (Å²) in [6.07, 6.45) is 3.46. The molecule has 3 rings (SSSR count). The summed E-state index contributed by atoms with van der Waals surface area (Å²) < 4.78 is 12.2. The molecule has 0 saturated heterocycles. The fourth-order valence-corrected chi connectivity index (χ4v) is 2.11. The molecule has 0 atom stereocenters. The maximum atomic E-state index is 5.22. The molecule has 1 aromatic carbocycles. The summed E-state index contributed by atoms with van der Waals surface area (Å²) in [7, 11) is 3.28. The van der Waals surface area contributed by atoms with Gasteiger partial charge in [-0.3, -0.25) is 4.98 Å². The van der Waals surface area contributed by atoms with Crippen molar-refractivity contribution in [3.63, 3.8) is 0 Å². The number of ether oxygens (including phenoxy) is 2. The number of benzene rings is 1. The van der Waals surface area contributed by atoms with E-state index in [9.17, 15) is 0 Å². The van der Waals surface area contributed by atoms with Gasteiger partial charge in [-0.05, 0) is 36.4 Å². The average Bonchev–Trinajstić information content (AvgIpc) is 3.00. The zero-order valence-corrected chi connectivity index (χ0v) is 12.4. The lowest BCUT2D eigenvalue weighted by Gasteiger charge is -2.06. The van der Waals surface area contributed by atoms with Gasteiger partial charge in [0, 0.05) is 25.1 Å². The molecule has 0 unspecified atom stereocenters. The van der Waals surface area contributed by atoms with Crippen LogP contribution in [0.2, 0.25) is 0 Å². The van der Waals surface area contributed by atoms with Crippen molar-refractivity contribution in [1.29, 1.82) is 0 Å². The van der Waals surface area contributed by atoms with Crippen LogP contribution in [-0.2, 0) is 11.3 Å². The lowest BCUT2D eigenvalue weighted by atomic mass is 10.3. The fourth-order valence-electron chi connectivity index (χ4n) is 2.11. The Morgan fingerprint density at radius 3 is 2.55 bits per heavy atom. The second-order valence-corrected chi connectivity index (χ2v) is 4.64. The minimum atomic E-state index is 0.374. The van der Waals surface area contributed by atoms with Gasteiger partial charge in [-0.25, -0.2) is 9.67 Å². The van der Waals surface area contributed by atoms with E-state index in [1.165, 1.54) is 0 Å². The van der Waals surface area contributed by atoms with Crippen LogP contribution in [0.25, 0.3) is 17.1 Å². The van der Waals surface area contributed by atoms with Gasteiger partial charge >= 0.3 is 0 Å². The molecule has 3 aromatic rings. The zero-order chi connectivity index (χ0) is 15.4. The number of hydrogen-bond donors (Lipinski definition) is 0. The molecule has 22 heavy (non-hydrogen) atoms. The molecule has 2 aromatic heterocycles. The summed E-state index contributed by atoms with van der Waals surface area (Å²) in [5, 5.41) is 4.57. The lowest BCUT2D eigenvalue weighted by Crippen LogP contribution is -2.04. The van der Waals surface area contributed by atoms with Crippen LogP contribution in [0.5, 0.6) is 5.75 Å². The normalized spacial score (nSPS) is 10.6. The quantitative estimate of drug-likeness (QED) is 0.724. The van der Waals surface area contributed by atoms with E-state index in [2.05, 4.69) is 15.1 Å².